The Morgan fingerprint density at radius 3 is 2.78 bits per heavy atom. The Morgan fingerprint density at radius 2 is 2.11 bits per heavy atom. The van der Waals surface area contributed by atoms with Gasteiger partial charge in [-0.15, -0.1) is 0 Å². The van der Waals surface area contributed by atoms with E-state index < -0.39 is 0 Å². The lowest BCUT2D eigenvalue weighted by atomic mass is 10.2. The molecule has 2 rings (SSSR count). The molecule has 0 aliphatic carbocycles. The van der Waals surface area contributed by atoms with Gasteiger partial charge in [0.25, 0.3) is 5.91 Å². The second-order valence-corrected chi connectivity index (χ2v) is 3.87. The highest BCUT2D eigenvalue weighted by Gasteiger charge is 2.08. The molecule has 0 saturated carbocycles. The fourth-order valence-corrected chi connectivity index (χ4v) is 1.50. The van der Waals surface area contributed by atoms with Crippen molar-refractivity contribution >= 4 is 17.4 Å². The van der Waals surface area contributed by atoms with Gasteiger partial charge in [-0.2, -0.15) is 0 Å². The van der Waals surface area contributed by atoms with E-state index in [2.05, 4.69) is 10.3 Å². The number of hydrogen-bond acceptors (Lipinski definition) is 3. The molecule has 18 heavy (non-hydrogen) atoms. The first kappa shape index (κ1) is 12.0. The summed E-state index contributed by atoms with van der Waals surface area (Å²) in [4.78, 5) is 15.7. The van der Waals surface area contributed by atoms with Gasteiger partial charge in [-0.05, 0) is 42.8 Å². The summed E-state index contributed by atoms with van der Waals surface area (Å²) in [5, 5.41) is 2.63. The zero-order valence-electron chi connectivity index (χ0n) is 9.77. The smallest absolute Gasteiger partial charge is 0.274 e. The number of aryl methyl sites for hydroxylation is 1. The molecule has 1 amide bonds. The summed E-state index contributed by atoms with van der Waals surface area (Å²) in [6, 6.07) is 9.15. The van der Waals surface area contributed by atoms with Crippen LogP contribution < -0.4 is 11.1 Å². The molecule has 1 aromatic carbocycles. The highest BCUT2D eigenvalue weighted by Crippen LogP contribution is 2.14. The monoisotopic (exact) mass is 245 g/mol. The molecule has 0 spiro atoms. The first-order valence-corrected chi connectivity index (χ1v) is 5.36. The van der Waals surface area contributed by atoms with Crippen molar-refractivity contribution < 1.29 is 9.18 Å². The van der Waals surface area contributed by atoms with Crippen LogP contribution in [0.4, 0.5) is 15.9 Å². The van der Waals surface area contributed by atoms with Crippen molar-refractivity contribution in [3.8, 4) is 0 Å². The number of carbonyl (C=O) groups is 1. The summed E-state index contributed by atoms with van der Waals surface area (Å²) in [5.74, 6) is -0.415. The molecule has 0 fully saturated rings. The van der Waals surface area contributed by atoms with Gasteiger partial charge in [-0.25, -0.2) is 9.37 Å². The highest BCUT2D eigenvalue weighted by atomic mass is 19.1. The molecule has 92 valence electrons. The molecular formula is C13H12FN3O. The average molecular weight is 245 g/mol. The van der Waals surface area contributed by atoms with Crippen LogP contribution in [0.2, 0.25) is 0 Å². The first-order chi connectivity index (χ1) is 8.56. The van der Waals surface area contributed by atoms with Gasteiger partial charge in [0.15, 0.2) is 0 Å². The van der Waals surface area contributed by atoms with Crippen molar-refractivity contribution in [1.29, 1.82) is 0 Å². The normalized spacial score (nSPS) is 10.1. The molecule has 5 heteroatoms. The van der Waals surface area contributed by atoms with E-state index in [1.54, 1.807) is 31.2 Å². The lowest BCUT2D eigenvalue weighted by Gasteiger charge is -2.06. The Hall–Kier alpha value is -2.43. The minimum atomic E-state index is -0.381. The zero-order chi connectivity index (χ0) is 13.1. The number of aromatic nitrogens is 1. The largest absolute Gasteiger partial charge is 0.384 e. The van der Waals surface area contributed by atoms with Crippen molar-refractivity contribution in [3.63, 3.8) is 0 Å². The third kappa shape index (κ3) is 2.63. The van der Waals surface area contributed by atoms with E-state index in [-0.39, 0.29) is 23.2 Å². The third-order valence-corrected chi connectivity index (χ3v) is 2.42. The van der Waals surface area contributed by atoms with Crippen LogP contribution in [-0.2, 0) is 0 Å². The molecule has 1 heterocycles. The molecule has 0 aliphatic heterocycles. The van der Waals surface area contributed by atoms with Gasteiger partial charge in [0.2, 0.25) is 0 Å². The van der Waals surface area contributed by atoms with Gasteiger partial charge in [0, 0.05) is 5.69 Å². The quantitative estimate of drug-likeness (QED) is 0.853. The maximum absolute atomic E-state index is 13.1. The maximum atomic E-state index is 13.1. The molecule has 0 saturated heterocycles. The summed E-state index contributed by atoms with van der Waals surface area (Å²) in [6.45, 7) is 1.63. The molecule has 1 aromatic heterocycles. The number of anilines is 2. The molecule has 3 N–H and O–H groups in total. The third-order valence-electron chi connectivity index (χ3n) is 2.42. The summed E-state index contributed by atoms with van der Waals surface area (Å²) < 4.78 is 13.1. The van der Waals surface area contributed by atoms with Gasteiger partial charge >= 0.3 is 0 Å². The number of rotatable bonds is 2. The number of hydrogen-bond donors (Lipinski definition) is 2. The number of pyridine rings is 1. The second-order valence-electron chi connectivity index (χ2n) is 3.87. The highest BCUT2D eigenvalue weighted by molar-refractivity contribution is 6.03. The van der Waals surface area contributed by atoms with Crippen molar-refractivity contribution in [1.82, 2.24) is 4.98 Å². The lowest BCUT2D eigenvalue weighted by Crippen LogP contribution is -2.14. The van der Waals surface area contributed by atoms with Crippen LogP contribution in [0.3, 0.4) is 0 Å². The molecule has 0 bridgehead atoms. The Labute approximate surface area is 104 Å². The minimum absolute atomic E-state index is 0.219. The Bertz CT molecular complexity index is 599. The second kappa shape index (κ2) is 4.83. The van der Waals surface area contributed by atoms with Gasteiger partial charge in [-0.1, -0.05) is 6.07 Å². The number of nitrogens with zero attached hydrogens (tertiary/aromatic N) is 1. The van der Waals surface area contributed by atoms with Crippen molar-refractivity contribution in [2.45, 2.75) is 6.92 Å². The van der Waals surface area contributed by atoms with Crippen LogP contribution in [0, 0.1) is 12.7 Å². The van der Waals surface area contributed by atoms with E-state index in [1.165, 1.54) is 12.1 Å². The summed E-state index contributed by atoms with van der Waals surface area (Å²) >= 11 is 0. The number of nitrogens with one attached hydrogen (secondary N) is 1. The number of benzene rings is 1. The van der Waals surface area contributed by atoms with Gasteiger partial charge in [-0.3, -0.25) is 4.79 Å². The minimum Gasteiger partial charge on any atom is -0.384 e. The topological polar surface area (TPSA) is 68.0 Å². The van der Waals surface area contributed by atoms with Gasteiger partial charge in [0.05, 0.1) is 0 Å². The maximum Gasteiger partial charge on any atom is 0.274 e. The molecule has 0 atom stereocenters. The van der Waals surface area contributed by atoms with E-state index in [0.29, 0.717) is 11.3 Å². The summed E-state index contributed by atoms with van der Waals surface area (Å²) in [6.07, 6.45) is 0. The van der Waals surface area contributed by atoms with Crippen molar-refractivity contribution in [2.24, 2.45) is 0 Å². The SMILES string of the molecule is Cc1cc(NC(=O)c2cccc(N)n2)ccc1F. The number of nitrogens with two attached hydrogens (primary N) is 1. The van der Waals surface area contributed by atoms with Crippen LogP contribution in [0.5, 0.6) is 0 Å². The van der Waals surface area contributed by atoms with Gasteiger partial charge in [0.1, 0.15) is 17.3 Å². The number of amides is 1. The van der Waals surface area contributed by atoms with E-state index in [9.17, 15) is 9.18 Å². The van der Waals surface area contributed by atoms with Crippen LogP contribution >= 0.6 is 0 Å². The predicted molar refractivity (Wildman–Crippen MR) is 67.7 cm³/mol. The Kier molecular flexibility index (Phi) is 3.23. The van der Waals surface area contributed by atoms with Crippen molar-refractivity contribution in [3.05, 3.63) is 53.5 Å². The average Bonchev–Trinajstić information content (AvgIpc) is 2.34. The van der Waals surface area contributed by atoms with Crippen LogP contribution in [0.25, 0.3) is 0 Å². The van der Waals surface area contributed by atoms with Crippen LogP contribution in [0.1, 0.15) is 16.1 Å². The fraction of sp³-hybridized carbons (Fsp3) is 0.0769. The molecule has 4 nitrogen and oxygen atoms in total. The summed E-state index contributed by atoms with van der Waals surface area (Å²) in [5.41, 5.74) is 6.70. The number of halogens is 1. The van der Waals surface area contributed by atoms with Crippen molar-refractivity contribution in [2.75, 3.05) is 11.1 Å². The number of nitrogen functional groups attached to an aromatic ring is 1. The van der Waals surface area contributed by atoms with E-state index in [0.717, 1.165) is 0 Å². The van der Waals surface area contributed by atoms with Crippen LogP contribution in [-0.4, -0.2) is 10.9 Å². The molecule has 0 aliphatic rings. The lowest BCUT2D eigenvalue weighted by molar-refractivity contribution is 0.102. The van der Waals surface area contributed by atoms with Crippen LogP contribution in [0.15, 0.2) is 36.4 Å². The van der Waals surface area contributed by atoms with E-state index in [4.69, 9.17) is 5.73 Å². The fourth-order valence-electron chi connectivity index (χ4n) is 1.50. The first-order valence-electron chi connectivity index (χ1n) is 5.36. The Balaban J connectivity index is 2.18. The Morgan fingerprint density at radius 1 is 1.33 bits per heavy atom. The molecule has 0 unspecified atom stereocenters. The predicted octanol–water partition coefficient (Wildman–Crippen LogP) is 2.36. The molecule has 2 aromatic rings. The summed E-state index contributed by atoms with van der Waals surface area (Å²) in [7, 11) is 0. The zero-order valence-corrected chi connectivity index (χ0v) is 9.77. The number of carbonyl (C=O) groups excluding carboxylic acids is 1. The van der Waals surface area contributed by atoms with E-state index >= 15 is 0 Å². The van der Waals surface area contributed by atoms with E-state index in [1.807, 2.05) is 0 Å². The molecular weight excluding hydrogens is 233 g/mol. The van der Waals surface area contributed by atoms with Gasteiger partial charge < -0.3 is 11.1 Å². The standard InChI is InChI=1S/C13H12FN3O/c1-8-7-9(5-6-10(8)14)16-13(18)11-3-2-4-12(15)17-11/h2-7H,1H3,(H2,15,17)(H,16,18). The molecule has 0 radical (unpaired) electrons.